The number of aromatic nitrogens is 1. The highest BCUT2D eigenvalue weighted by Crippen LogP contribution is 2.44. The molecule has 2 aliphatic heterocycles. The van der Waals surface area contributed by atoms with Crippen LogP contribution in [0.2, 0.25) is 0 Å². The Morgan fingerprint density at radius 2 is 1.86 bits per heavy atom. The molecule has 184 valence electrons. The number of para-hydroxylation sites is 1. The lowest BCUT2D eigenvalue weighted by Gasteiger charge is -2.48. The number of ether oxygens (including phenoxy) is 2. The Morgan fingerprint density at radius 3 is 2.57 bits per heavy atom. The number of hydrogen-bond acceptors (Lipinski definition) is 4. The van der Waals surface area contributed by atoms with E-state index in [0.717, 1.165) is 34.1 Å². The van der Waals surface area contributed by atoms with Gasteiger partial charge in [-0.15, -0.1) is 0 Å². The van der Waals surface area contributed by atoms with E-state index in [1.54, 1.807) is 16.9 Å². The van der Waals surface area contributed by atoms with E-state index in [2.05, 4.69) is 11.1 Å². The van der Waals surface area contributed by atoms with Crippen molar-refractivity contribution in [3.05, 3.63) is 59.3 Å². The Bertz CT molecular complexity index is 1280. The topological polar surface area (TPSA) is 74.9 Å². The highest BCUT2D eigenvalue weighted by atomic mass is 16.5. The predicted octanol–water partition coefficient (Wildman–Crippen LogP) is 4.45. The van der Waals surface area contributed by atoms with Crippen LogP contribution in [0.15, 0.2) is 42.5 Å². The summed E-state index contributed by atoms with van der Waals surface area (Å²) in [6.07, 6.45) is 1.31. The maximum Gasteiger partial charge on any atom is 0.246 e. The summed E-state index contributed by atoms with van der Waals surface area (Å²) in [6.45, 7) is 8.09. The fourth-order valence-electron chi connectivity index (χ4n) is 5.43. The zero-order valence-electron chi connectivity index (χ0n) is 21.0. The molecular formula is C28H33N3O4. The molecule has 3 heterocycles. The molecule has 0 spiro atoms. The number of nitrogens with zero attached hydrogens (tertiary/aromatic N) is 2. The first-order chi connectivity index (χ1) is 16.8. The SMILES string of the molecule is CC[C@H](C)N1CC(=O)N2[C@@H](c3ccc(OC(C)C)c(OC)c3)c3[nH]c4ccccc4c3C[C@H]2C1=O. The van der Waals surface area contributed by atoms with Crippen LogP contribution in [-0.2, 0) is 16.0 Å². The second-order valence-electron chi connectivity index (χ2n) is 9.79. The minimum atomic E-state index is -0.542. The molecule has 7 nitrogen and oxygen atoms in total. The zero-order valence-corrected chi connectivity index (χ0v) is 21.0. The fraction of sp³-hybridized carbons (Fsp3) is 0.429. The molecule has 0 saturated carbocycles. The molecule has 0 aliphatic carbocycles. The number of benzene rings is 2. The fourth-order valence-corrected chi connectivity index (χ4v) is 5.43. The molecule has 3 aromatic rings. The Balaban J connectivity index is 1.67. The summed E-state index contributed by atoms with van der Waals surface area (Å²) < 4.78 is 11.6. The van der Waals surface area contributed by atoms with Crippen LogP contribution in [0.25, 0.3) is 10.9 Å². The molecular weight excluding hydrogens is 442 g/mol. The van der Waals surface area contributed by atoms with Crippen molar-refractivity contribution in [1.82, 2.24) is 14.8 Å². The van der Waals surface area contributed by atoms with Gasteiger partial charge in [-0.05, 0) is 56.5 Å². The van der Waals surface area contributed by atoms with Gasteiger partial charge in [-0.2, -0.15) is 0 Å². The minimum absolute atomic E-state index is 0.00181. The quantitative estimate of drug-likeness (QED) is 0.572. The number of aromatic amines is 1. The lowest BCUT2D eigenvalue weighted by molar-refractivity contribution is -0.160. The molecule has 0 unspecified atom stereocenters. The minimum Gasteiger partial charge on any atom is -0.493 e. The van der Waals surface area contributed by atoms with Crippen molar-refractivity contribution in [1.29, 1.82) is 0 Å². The van der Waals surface area contributed by atoms with Gasteiger partial charge in [0.15, 0.2) is 11.5 Å². The second kappa shape index (κ2) is 8.95. The van der Waals surface area contributed by atoms with E-state index in [4.69, 9.17) is 9.47 Å². The number of amides is 2. The summed E-state index contributed by atoms with van der Waals surface area (Å²) in [5, 5.41) is 1.10. The van der Waals surface area contributed by atoms with Gasteiger partial charge in [-0.3, -0.25) is 9.59 Å². The average Bonchev–Trinajstić information content (AvgIpc) is 3.23. The molecule has 5 rings (SSSR count). The van der Waals surface area contributed by atoms with Crippen LogP contribution in [0.1, 0.15) is 57.0 Å². The summed E-state index contributed by atoms with van der Waals surface area (Å²) in [7, 11) is 1.62. The third-order valence-electron chi connectivity index (χ3n) is 7.28. The first kappa shape index (κ1) is 23.3. The maximum atomic E-state index is 13.7. The highest BCUT2D eigenvalue weighted by molar-refractivity contribution is 5.97. The van der Waals surface area contributed by atoms with Gasteiger partial charge in [0, 0.05) is 29.1 Å². The molecule has 2 aliphatic rings. The number of fused-ring (bicyclic) bond motifs is 4. The van der Waals surface area contributed by atoms with Crippen LogP contribution in [0.5, 0.6) is 11.5 Å². The number of piperazine rings is 1. The third kappa shape index (κ3) is 3.83. The van der Waals surface area contributed by atoms with Crippen molar-refractivity contribution in [2.24, 2.45) is 0 Å². The van der Waals surface area contributed by atoms with Gasteiger partial charge < -0.3 is 24.3 Å². The van der Waals surface area contributed by atoms with Gasteiger partial charge in [0.25, 0.3) is 0 Å². The first-order valence-electron chi connectivity index (χ1n) is 12.4. The Kier molecular flexibility index (Phi) is 5.95. The van der Waals surface area contributed by atoms with Crippen LogP contribution < -0.4 is 9.47 Å². The molecule has 2 aromatic carbocycles. The van der Waals surface area contributed by atoms with Crippen molar-refractivity contribution < 1.29 is 19.1 Å². The van der Waals surface area contributed by atoms with Crippen molar-refractivity contribution in [2.45, 2.75) is 64.8 Å². The summed E-state index contributed by atoms with van der Waals surface area (Å²) >= 11 is 0. The van der Waals surface area contributed by atoms with E-state index in [9.17, 15) is 9.59 Å². The molecule has 3 atom stereocenters. The number of carbonyl (C=O) groups excluding carboxylic acids is 2. The molecule has 0 radical (unpaired) electrons. The van der Waals surface area contributed by atoms with E-state index in [1.165, 1.54) is 0 Å². The standard InChI is InChI=1S/C28H33N3O4/c1-6-17(4)30-15-25(32)31-22(28(30)33)14-20-19-9-7-8-10-21(19)29-26(20)27(31)18-11-12-23(35-16(2)3)24(13-18)34-5/h7-13,16-17,22,27,29H,6,14-15H2,1-5H3/t17-,22-,27-/m0/s1. The van der Waals surface area contributed by atoms with Gasteiger partial charge in [-0.25, -0.2) is 0 Å². The van der Waals surface area contributed by atoms with E-state index in [-0.39, 0.29) is 30.5 Å². The number of H-pyrrole nitrogens is 1. The number of rotatable bonds is 6. The largest absolute Gasteiger partial charge is 0.493 e. The Morgan fingerprint density at radius 1 is 1.09 bits per heavy atom. The van der Waals surface area contributed by atoms with Gasteiger partial charge in [0.2, 0.25) is 11.8 Å². The Hall–Kier alpha value is -3.48. The smallest absolute Gasteiger partial charge is 0.246 e. The normalized spacial score (nSPS) is 20.7. The lowest BCUT2D eigenvalue weighted by atomic mass is 9.85. The molecule has 2 amide bonds. The van der Waals surface area contributed by atoms with E-state index >= 15 is 0 Å². The molecule has 35 heavy (non-hydrogen) atoms. The van der Waals surface area contributed by atoms with Crippen LogP contribution in [0.4, 0.5) is 0 Å². The van der Waals surface area contributed by atoms with Crippen molar-refractivity contribution >= 4 is 22.7 Å². The molecule has 7 heteroatoms. The van der Waals surface area contributed by atoms with Crippen LogP contribution in [0, 0.1) is 0 Å². The highest BCUT2D eigenvalue weighted by Gasteiger charge is 2.49. The molecule has 0 bridgehead atoms. The van der Waals surface area contributed by atoms with E-state index in [1.807, 2.05) is 64.1 Å². The van der Waals surface area contributed by atoms with Crippen LogP contribution in [0.3, 0.4) is 0 Å². The van der Waals surface area contributed by atoms with E-state index < -0.39 is 12.1 Å². The van der Waals surface area contributed by atoms with Gasteiger partial charge in [0.1, 0.15) is 12.6 Å². The first-order valence-corrected chi connectivity index (χ1v) is 12.4. The lowest BCUT2D eigenvalue weighted by Crippen LogP contribution is -2.64. The maximum absolute atomic E-state index is 13.7. The number of nitrogens with one attached hydrogen (secondary N) is 1. The number of carbonyl (C=O) groups is 2. The number of hydrogen-bond donors (Lipinski definition) is 1. The summed E-state index contributed by atoms with van der Waals surface area (Å²) in [6, 6.07) is 13.0. The van der Waals surface area contributed by atoms with Crippen molar-refractivity contribution in [3.63, 3.8) is 0 Å². The van der Waals surface area contributed by atoms with Gasteiger partial charge in [-0.1, -0.05) is 31.2 Å². The predicted molar refractivity (Wildman–Crippen MR) is 135 cm³/mol. The monoisotopic (exact) mass is 475 g/mol. The van der Waals surface area contributed by atoms with Crippen LogP contribution in [-0.4, -0.2) is 58.4 Å². The van der Waals surface area contributed by atoms with E-state index in [0.29, 0.717) is 17.9 Å². The average molecular weight is 476 g/mol. The summed E-state index contributed by atoms with van der Waals surface area (Å²) in [5.41, 5.74) is 3.95. The Labute approximate surface area is 206 Å². The van der Waals surface area contributed by atoms with Gasteiger partial charge in [0.05, 0.1) is 19.3 Å². The zero-order chi connectivity index (χ0) is 24.9. The second-order valence-corrected chi connectivity index (χ2v) is 9.79. The molecule has 1 N–H and O–H groups in total. The molecule has 1 fully saturated rings. The van der Waals surface area contributed by atoms with Gasteiger partial charge >= 0.3 is 0 Å². The van der Waals surface area contributed by atoms with Crippen molar-refractivity contribution in [3.8, 4) is 11.5 Å². The summed E-state index contributed by atoms with van der Waals surface area (Å²) in [5.74, 6) is 1.24. The van der Waals surface area contributed by atoms with Crippen LogP contribution >= 0.6 is 0 Å². The molecule has 1 aromatic heterocycles. The molecule has 1 saturated heterocycles. The van der Waals surface area contributed by atoms with Crippen molar-refractivity contribution in [2.75, 3.05) is 13.7 Å². The summed E-state index contributed by atoms with van der Waals surface area (Å²) in [4.78, 5) is 34.5. The third-order valence-corrected chi connectivity index (χ3v) is 7.28. The number of methoxy groups -OCH3 is 1.